The van der Waals surface area contributed by atoms with Gasteiger partial charge in [-0.05, 0) is 38.4 Å². The number of nitrogens with zero attached hydrogens (tertiary/aromatic N) is 2. The number of amides is 1. The molecule has 1 N–H and O–H groups in total. The molecule has 1 rings (SSSR count). The smallest absolute Gasteiger partial charge is 0.240 e. The van der Waals surface area contributed by atoms with E-state index < -0.39 is 0 Å². The van der Waals surface area contributed by atoms with E-state index in [0.717, 1.165) is 0 Å². The van der Waals surface area contributed by atoms with E-state index in [1.54, 1.807) is 29.2 Å². The van der Waals surface area contributed by atoms with Crippen LogP contribution in [0, 0.1) is 0 Å². The van der Waals surface area contributed by atoms with Crippen molar-refractivity contribution < 1.29 is 9.59 Å². The number of aliphatic imine (C=N–C) groups is 1. The van der Waals surface area contributed by atoms with Crippen molar-refractivity contribution in [1.82, 2.24) is 4.90 Å². The molecular formula is C11H13N3O2. The minimum atomic E-state index is -0.0864. The third-order valence-corrected chi connectivity index (χ3v) is 1.79. The molecule has 0 spiro atoms. The number of anilines is 1. The first-order valence-electron chi connectivity index (χ1n) is 4.74. The molecule has 16 heavy (non-hydrogen) atoms. The molecule has 0 heterocycles. The summed E-state index contributed by atoms with van der Waals surface area (Å²) < 4.78 is 0. The van der Waals surface area contributed by atoms with Crippen LogP contribution >= 0.6 is 0 Å². The fraction of sp³-hybridized carbons (Fsp3) is 0.273. The number of isocyanates is 1. The number of rotatable bonds is 4. The summed E-state index contributed by atoms with van der Waals surface area (Å²) in [5.41, 5.74) is 1.19. The van der Waals surface area contributed by atoms with Gasteiger partial charge in [0, 0.05) is 5.69 Å². The first-order valence-corrected chi connectivity index (χ1v) is 4.74. The summed E-state index contributed by atoms with van der Waals surface area (Å²) in [4.78, 5) is 26.6. The van der Waals surface area contributed by atoms with Gasteiger partial charge >= 0.3 is 0 Å². The summed E-state index contributed by atoms with van der Waals surface area (Å²) in [6, 6.07) is 6.64. The van der Waals surface area contributed by atoms with Crippen LogP contribution in [0.4, 0.5) is 11.4 Å². The Hall–Kier alpha value is -1.97. The Morgan fingerprint density at radius 2 is 2.00 bits per heavy atom. The van der Waals surface area contributed by atoms with Crippen molar-refractivity contribution in [3.8, 4) is 0 Å². The Labute approximate surface area is 93.8 Å². The van der Waals surface area contributed by atoms with Crippen molar-refractivity contribution in [3.63, 3.8) is 0 Å². The lowest BCUT2D eigenvalue weighted by molar-refractivity contribution is -0.116. The number of carbonyl (C=O) groups is 1. The average Bonchev–Trinajstić information content (AvgIpc) is 2.20. The predicted octanol–water partition coefficient (Wildman–Crippen LogP) is 1.15. The Balaban J connectivity index is 2.61. The molecule has 0 radical (unpaired) electrons. The molecule has 0 saturated heterocycles. The SMILES string of the molecule is CN(C)CC(=O)Nc1ccc(N=C=O)cc1. The molecule has 1 aromatic carbocycles. The number of hydrogen-bond donors (Lipinski definition) is 1. The number of likely N-dealkylation sites (N-methyl/N-ethyl adjacent to an activating group) is 1. The van der Waals surface area contributed by atoms with Crippen LogP contribution in [-0.2, 0) is 9.59 Å². The summed E-state index contributed by atoms with van der Waals surface area (Å²) in [6.45, 7) is 0.328. The molecule has 1 amide bonds. The quantitative estimate of drug-likeness (QED) is 0.610. The van der Waals surface area contributed by atoms with Gasteiger partial charge in [0.15, 0.2) is 0 Å². The highest BCUT2D eigenvalue weighted by Crippen LogP contribution is 2.15. The fourth-order valence-corrected chi connectivity index (χ4v) is 1.16. The van der Waals surface area contributed by atoms with Gasteiger partial charge in [-0.15, -0.1) is 0 Å². The summed E-state index contributed by atoms with van der Waals surface area (Å²) in [6.07, 6.45) is 1.45. The molecule has 0 atom stereocenters. The summed E-state index contributed by atoms with van der Waals surface area (Å²) in [5.74, 6) is -0.0864. The number of nitrogens with one attached hydrogen (secondary N) is 1. The van der Waals surface area contributed by atoms with Gasteiger partial charge in [-0.1, -0.05) is 0 Å². The second kappa shape index (κ2) is 5.80. The second-order valence-corrected chi connectivity index (χ2v) is 3.54. The highest BCUT2D eigenvalue weighted by atomic mass is 16.2. The molecule has 84 valence electrons. The van der Waals surface area contributed by atoms with Gasteiger partial charge in [0.05, 0.1) is 12.2 Å². The third kappa shape index (κ3) is 4.04. The van der Waals surface area contributed by atoms with E-state index in [4.69, 9.17) is 0 Å². The van der Waals surface area contributed by atoms with Gasteiger partial charge in [0.25, 0.3) is 0 Å². The third-order valence-electron chi connectivity index (χ3n) is 1.79. The summed E-state index contributed by atoms with van der Waals surface area (Å²) >= 11 is 0. The molecule has 0 aromatic heterocycles. The standard InChI is InChI=1S/C11H13N3O2/c1-14(2)7-11(16)13-10-5-3-9(4-6-10)12-8-15/h3-6H,7H2,1-2H3,(H,13,16). The van der Waals surface area contributed by atoms with Crippen LogP contribution in [0.1, 0.15) is 0 Å². The molecule has 0 saturated carbocycles. The maximum atomic E-state index is 11.4. The maximum Gasteiger partial charge on any atom is 0.240 e. The Morgan fingerprint density at radius 1 is 1.38 bits per heavy atom. The van der Waals surface area contributed by atoms with E-state index in [1.807, 2.05) is 14.1 Å². The lowest BCUT2D eigenvalue weighted by atomic mass is 10.3. The van der Waals surface area contributed by atoms with Gasteiger partial charge in [-0.2, -0.15) is 4.99 Å². The Morgan fingerprint density at radius 3 is 2.50 bits per heavy atom. The lowest BCUT2D eigenvalue weighted by Gasteiger charge is -2.09. The normalized spacial score (nSPS) is 9.69. The minimum absolute atomic E-state index is 0.0864. The molecule has 5 heteroatoms. The van der Waals surface area contributed by atoms with Crippen molar-refractivity contribution in [1.29, 1.82) is 0 Å². The van der Waals surface area contributed by atoms with Crippen LogP contribution < -0.4 is 5.32 Å². The first-order chi connectivity index (χ1) is 7.61. The Kier molecular flexibility index (Phi) is 4.39. The molecule has 1 aromatic rings. The molecule has 0 aliphatic carbocycles. The van der Waals surface area contributed by atoms with Crippen LogP contribution in [-0.4, -0.2) is 37.5 Å². The van der Waals surface area contributed by atoms with Gasteiger partial charge in [0.1, 0.15) is 0 Å². The molecule has 0 aliphatic heterocycles. The highest BCUT2D eigenvalue weighted by Gasteiger charge is 2.02. The van der Waals surface area contributed by atoms with Gasteiger partial charge in [-0.25, -0.2) is 4.79 Å². The maximum absolute atomic E-state index is 11.4. The van der Waals surface area contributed by atoms with E-state index in [1.165, 1.54) is 6.08 Å². The van der Waals surface area contributed by atoms with E-state index in [-0.39, 0.29) is 5.91 Å². The lowest BCUT2D eigenvalue weighted by Crippen LogP contribution is -2.26. The van der Waals surface area contributed by atoms with Crippen LogP contribution in [0.2, 0.25) is 0 Å². The minimum Gasteiger partial charge on any atom is -0.325 e. The van der Waals surface area contributed by atoms with Crippen molar-refractivity contribution >= 4 is 23.4 Å². The zero-order valence-corrected chi connectivity index (χ0v) is 9.23. The molecule has 0 unspecified atom stereocenters. The number of carbonyl (C=O) groups excluding carboxylic acids is 2. The molecule has 0 fully saturated rings. The highest BCUT2D eigenvalue weighted by molar-refractivity contribution is 5.92. The monoisotopic (exact) mass is 219 g/mol. The first kappa shape index (κ1) is 12.1. The fourth-order valence-electron chi connectivity index (χ4n) is 1.16. The van der Waals surface area contributed by atoms with E-state index >= 15 is 0 Å². The van der Waals surface area contributed by atoms with Crippen molar-refractivity contribution in [2.24, 2.45) is 4.99 Å². The topological polar surface area (TPSA) is 61.8 Å². The largest absolute Gasteiger partial charge is 0.325 e. The van der Waals surface area contributed by atoms with E-state index in [9.17, 15) is 9.59 Å². The van der Waals surface area contributed by atoms with Gasteiger partial charge in [-0.3, -0.25) is 4.79 Å². The molecule has 0 bridgehead atoms. The average molecular weight is 219 g/mol. The zero-order chi connectivity index (χ0) is 12.0. The summed E-state index contributed by atoms with van der Waals surface area (Å²) in [7, 11) is 3.64. The van der Waals surface area contributed by atoms with Crippen molar-refractivity contribution in [2.75, 3.05) is 26.0 Å². The number of hydrogen-bond acceptors (Lipinski definition) is 4. The molecule has 5 nitrogen and oxygen atoms in total. The predicted molar refractivity (Wildman–Crippen MR) is 61.4 cm³/mol. The van der Waals surface area contributed by atoms with Crippen LogP contribution in [0.3, 0.4) is 0 Å². The Bertz CT molecular complexity index is 406. The zero-order valence-electron chi connectivity index (χ0n) is 9.23. The summed E-state index contributed by atoms with van der Waals surface area (Å²) in [5, 5.41) is 2.72. The van der Waals surface area contributed by atoms with Crippen molar-refractivity contribution in [2.45, 2.75) is 0 Å². The van der Waals surface area contributed by atoms with Crippen LogP contribution in [0.15, 0.2) is 29.3 Å². The van der Waals surface area contributed by atoms with Crippen molar-refractivity contribution in [3.05, 3.63) is 24.3 Å². The molecule has 0 aliphatic rings. The van der Waals surface area contributed by atoms with Gasteiger partial charge in [0.2, 0.25) is 12.0 Å². The van der Waals surface area contributed by atoms with Gasteiger partial charge < -0.3 is 10.2 Å². The van der Waals surface area contributed by atoms with E-state index in [0.29, 0.717) is 17.9 Å². The molecular weight excluding hydrogens is 206 g/mol. The van der Waals surface area contributed by atoms with E-state index in [2.05, 4.69) is 10.3 Å². The van der Waals surface area contributed by atoms with Crippen LogP contribution in [0.5, 0.6) is 0 Å². The number of benzene rings is 1. The second-order valence-electron chi connectivity index (χ2n) is 3.54. The van der Waals surface area contributed by atoms with Crippen LogP contribution in [0.25, 0.3) is 0 Å².